The summed E-state index contributed by atoms with van der Waals surface area (Å²) in [7, 11) is 0. The molecule has 0 aromatic rings. The minimum Gasteiger partial charge on any atom is -0.480 e. The van der Waals surface area contributed by atoms with Gasteiger partial charge in [-0.2, -0.15) is 12.6 Å². The van der Waals surface area contributed by atoms with Crippen LogP contribution >= 0.6 is 35.8 Å². The molecule has 12 heavy (non-hydrogen) atoms. The topological polar surface area (TPSA) is 63.3 Å². The van der Waals surface area contributed by atoms with Crippen molar-refractivity contribution in [2.75, 3.05) is 5.75 Å². The number of rotatable bonds is 4. The fraction of sp³-hybridized carbons (Fsp3) is 0.500. The molecule has 0 radical (unpaired) electrons. The van der Waals surface area contributed by atoms with Gasteiger partial charge in [-0.05, 0) is 12.2 Å². The molecule has 0 saturated heterocycles. The Morgan fingerprint density at radius 1 is 1.75 bits per heavy atom. The van der Waals surface area contributed by atoms with Gasteiger partial charge >= 0.3 is 5.97 Å². The molecule has 0 heterocycles. The van der Waals surface area contributed by atoms with E-state index in [0.29, 0.717) is 5.75 Å². The first-order valence-electron chi connectivity index (χ1n) is 3.08. The smallest absolute Gasteiger partial charge is 0.329 e. The van der Waals surface area contributed by atoms with Crippen LogP contribution in [-0.4, -0.2) is 22.4 Å². The Morgan fingerprint density at radius 3 is 2.50 bits per heavy atom. The van der Waals surface area contributed by atoms with Gasteiger partial charge in [-0.1, -0.05) is 23.2 Å². The molecule has 6 heteroatoms. The highest BCUT2D eigenvalue weighted by Gasteiger charge is 2.36. The van der Waals surface area contributed by atoms with Crippen LogP contribution in [-0.2, 0) is 4.79 Å². The Kier molecular flexibility index (Phi) is 5.01. The van der Waals surface area contributed by atoms with Gasteiger partial charge in [0.15, 0.2) is 5.54 Å². The number of nitrogens with two attached hydrogens (primary N) is 1. The van der Waals surface area contributed by atoms with Crippen molar-refractivity contribution < 1.29 is 9.90 Å². The Labute approximate surface area is 85.9 Å². The van der Waals surface area contributed by atoms with Gasteiger partial charge < -0.3 is 10.8 Å². The van der Waals surface area contributed by atoms with E-state index in [9.17, 15) is 4.79 Å². The van der Waals surface area contributed by atoms with Crippen molar-refractivity contribution in [1.82, 2.24) is 0 Å². The molecule has 0 saturated carbocycles. The Balaban J connectivity index is 4.74. The maximum absolute atomic E-state index is 10.7. The number of hydrogen-bond acceptors (Lipinski definition) is 3. The van der Waals surface area contributed by atoms with E-state index in [1.165, 1.54) is 0 Å². The quantitative estimate of drug-likeness (QED) is 0.640. The lowest BCUT2D eigenvalue weighted by atomic mass is 9.98. The molecule has 3 N–H and O–H groups in total. The molecule has 0 amide bonds. The van der Waals surface area contributed by atoms with Crippen LogP contribution in [0, 0.1) is 0 Å². The molecule has 0 aliphatic rings. The van der Waals surface area contributed by atoms with Crippen LogP contribution in [0.5, 0.6) is 0 Å². The lowest BCUT2D eigenvalue weighted by molar-refractivity contribution is -0.141. The molecule has 0 bridgehead atoms. The van der Waals surface area contributed by atoms with Gasteiger partial charge in [0.05, 0.1) is 5.03 Å². The van der Waals surface area contributed by atoms with Crippen LogP contribution in [0.3, 0.4) is 0 Å². The number of aliphatic carboxylic acids is 1. The van der Waals surface area contributed by atoms with Crippen molar-refractivity contribution in [1.29, 1.82) is 0 Å². The first-order chi connectivity index (χ1) is 5.49. The van der Waals surface area contributed by atoms with Crippen molar-refractivity contribution in [3.63, 3.8) is 0 Å². The Morgan fingerprint density at radius 2 is 2.25 bits per heavy atom. The minimum absolute atomic E-state index is 0.0919. The third-order valence-corrected chi connectivity index (χ3v) is 2.41. The first-order valence-corrected chi connectivity index (χ1v) is 4.53. The van der Waals surface area contributed by atoms with Crippen molar-refractivity contribution in [3.8, 4) is 0 Å². The summed E-state index contributed by atoms with van der Waals surface area (Å²) in [5.74, 6) is -0.887. The molecule has 0 aromatic heterocycles. The predicted octanol–water partition coefficient (Wildman–Crippen LogP) is 1.41. The molecular weight excluding hydrogens is 221 g/mol. The summed E-state index contributed by atoms with van der Waals surface area (Å²) < 4.78 is 0. The maximum atomic E-state index is 10.7. The largest absolute Gasteiger partial charge is 0.480 e. The zero-order valence-corrected chi connectivity index (χ0v) is 8.53. The Bertz CT molecular complexity index is 210. The van der Waals surface area contributed by atoms with E-state index in [1.807, 2.05) is 0 Å². The zero-order valence-electron chi connectivity index (χ0n) is 6.13. The SMILES string of the molecule is N[C@@](CCS)(C(=O)O)C(Cl)=CCl. The second-order valence-electron chi connectivity index (χ2n) is 2.21. The van der Waals surface area contributed by atoms with Crippen molar-refractivity contribution in [2.24, 2.45) is 5.73 Å². The van der Waals surface area contributed by atoms with E-state index in [2.05, 4.69) is 12.6 Å². The van der Waals surface area contributed by atoms with Crippen molar-refractivity contribution in [3.05, 3.63) is 10.6 Å². The average Bonchev–Trinajstić information content (AvgIpc) is 2.03. The Hall–Kier alpha value is 0.1000. The van der Waals surface area contributed by atoms with Crippen LogP contribution in [0.25, 0.3) is 0 Å². The zero-order chi connectivity index (χ0) is 9.78. The summed E-state index contributed by atoms with van der Waals surface area (Å²) in [4.78, 5) is 10.7. The normalized spacial score (nSPS) is 17.2. The summed E-state index contributed by atoms with van der Waals surface area (Å²) in [6.45, 7) is 0. The van der Waals surface area contributed by atoms with Gasteiger partial charge in [0.1, 0.15) is 0 Å². The molecule has 70 valence electrons. The van der Waals surface area contributed by atoms with Crippen LogP contribution < -0.4 is 5.73 Å². The van der Waals surface area contributed by atoms with Crippen LogP contribution in [0.2, 0.25) is 0 Å². The second kappa shape index (κ2) is 4.97. The van der Waals surface area contributed by atoms with Gasteiger partial charge in [0.2, 0.25) is 0 Å². The predicted molar refractivity (Wildman–Crippen MR) is 52.8 cm³/mol. The van der Waals surface area contributed by atoms with Crippen molar-refractivity contribution >= 4 is 41.8 Å². The third-order valence-electron chi connectivity index (χ3n) is 1.41. The molecule has 0 fully saturated rings. The minimum atomic E-state index is -1.61. The van der Waals surface area contributed by atoms with Gasteiger partial charge in [-0.3, -0.25) is 0 Å². The fourth-order valence-corrected chi connectivity index (χ4v) is 1.32. The van der Waals surface area contributed by atoms with Crippen molar-refractivity contribution in [2.45, 2.75) is 12.0 Å². The van der Waals surface area contributed by atoms with E-state index in [0.717, 1.165) is 5.54 Å². The van der Waals surface area contributed by atoms with E-state index < -0.39 is 11.5 Å². The average molecular weight is 230 g/mol. The van der Waals surface area contributed by atoms with Crippen LogP contribution in [0.15, 0.2) is 10.6 Å². The molecule has 0 aliphatic carbocycles. The second-order valence-corrected chi connectivity index (χ2v) is 3.28. The lowest BCUT2D eigenvalue weighted by Crippen LogP contribution is -2.48. The number of carboxylic acid groups (broad SMARTS) is 1. The monoisotopic (exact) mass is 229 g/mol. The van der Waals surface area contributed by atoms with Crippen LogP contribution in [0.1, 0.15) is 6.42 Å². The maximum Gasteiger partial charge on any atom is 0.329 e. The summed E-state index contributed by atoms with van der Waals surface area (Å²) in [6.07, 6.45) is 0.132. The number of carbonyl (C=O) groups is 1. The van der Waals surface area contributed by atoms with E-state index in [-0.39, 0.29) is 11.5 Å². The van der Waals surface area contributed by atoms with E-state index >= 15 is 0 Å². The molecule has 0 rings (SSSR count). The van der Waals surface area contributed by atoms with E-state index in [1.54, 1.807) is 0 Å². The molecule has 0 spiro atoms. The molecule has 0 unspecified atom stereocenters. The lowest BCUT2D eigenvalue weighted by Gasteiger charge is -2.22. The number of halogens is 2. The highest BCUT2D eigenvalue weighted by Crippen LogP contribution is 2.23. The first kappa shape index (κ1) is 12.1. The summed E-state index contributed by atoms with van der Waals surface area (Å²) in [5.41, 5.74) is 4.82. The highest BCUT2D eigenvalue weighted by molar-refractivity contribution is 7.80. The van der Waals surface area contributed by atoms with Crippen LogP contribution in [0.4, 0.5) is 0 Å². The molecule has 3 nitrogen and oxygen atoms in total. The van der Waals surface area contributed by atoms with Gasteiger partial charge in [0.25, 0.3) is 0 Å². The molecule has 0 aromatic carbocycles. The molecule has 0 aliphatic heterocycles. The number of hydrogen-bond donors (Lipinski definition) is 3. The van der Waals surface area contributed by atoms with Gasteiger partial charge in [0, 0.05) is 5.54 Å². The number of carboxylic acids is 1. The molecular formula is C6H9Cl2NO2S. The molecule has 1 atom stereocenters. The number of thiol groups is 1. The van der Waals surface area contributed by atoms with E-state index in [4.69, 9.17) is 34.0 Å². The summed E-state index contributed by atoms with van der Waals surface area (Å²) >= 11 is 14.7. The van der Waals surface area contributed by atoms with Gasteiger partial charge in [-0.25, -0.2) is 4.79 Å². The summed E-state index contributed by atoms with van der Waals surface area (Å²) in [6, 6.07) is 0. The highest BCUT2D eigenvalue weighted by atomic mass is 35.5. The standard InChI is InChI=1S/C6H9Cl2NO2S/c7-3-4(8)6(9,1-2-12)5(10)11/h3,12H,1-2,9H2,(H,10,11)/t6-/m1/s1. The summed E-state index contributed by atoms with van der Waals surface area (Å²) in [5, 5.41) is 8.63. The fourth-order valence-electron chi connectivity index (χ4n) is 0.602. The van der Waals surface area contributed by atoms with Gasteiger partial charge in [-0.15, -0.1) is 0 Å². The third kappa shape index (κ3) is 2.55.